The minimum Gasteiger partial charge on any atom is -0.356 e. The molecule has 0 saturated carbocycles. The average molecular weight is 386 g/mol. The van der Waals surface area contributed by atoms with E-state index in [4.69, 9.17) is 11.6 Å². The molecule has 0 spiro atoms. The van der Waals surface area contributed by atoms with Crippen molar-refractivity contribution in [3.63, 3.8) is 0 Å². The third kappa shape index (κ3) is 5.94. The molecular formula is C21H28ClN5. The van der Waals surface area contributed by atoms with Gasteiger partial charge in [0, 0.05) is 26.3 Å². The highest BCUT2D eigenvalue weighted by molar-refractivity contribution is 6.29. The molecule has 1 aromatic heterocycles. The van der Waals surface area contributed by atoms with Gasteiger partial charge in [-0.2, -0.15) is 0 Å². The summed E-state index contributed by atoms with van der Waals surface area (Å²) in [6.07, 6.45) is 5.26. The van der Waals surface area contributed by atoms with E-state index in [0.717, 1.165) is 44.1 Å². The fourth-order valence-electron chi connectivity index (χ4n) is 3.48. The molecular weight excluding hydrogens is 358 g/mol. The van der Waals surface area contributed by atoms with Gasteiger partial charge in [0.1, 0.15) is 5.15 Å². The predicted octanol–water partition coefficient (Wildman–Crippen LogP) is 3.28. The Hall–Kier alpha value is -2.11. The van der Waals surface area contributed by atoms with Crippen LogP contribution in [0.4, 0.5) is 0 Å². The Morgan fingerprint density at radius 2 is 1.93 bits per heavy atom. The van der Waals surface area contributed by atoms with Gasteiger partial charge >= 0.3 is 0 Å². The normalized spacial score (nSPS) is 16.3. The Morgan fingerprint density at radius 1 is 1.15 bits per heavy atom. The van der Waals surface area contributed by atoms with Crippen molar-refractivity contribution in [1.29, 1.82) is 0 Å². The minimum absolute atomic E-state index is 0.368. The lowest BCUT2D eigenvalue weighted by Crippen LogP contribution is -2.43. The van der Waals surface area contributed by atoms with Gasteiger partial charge in [0.2, 0.25) is 0 Å². The van der Waals surface area contributed by atoms with Gasteiger partial charge in [-0.15, -0.1) is 0 Å². The molecule has 2 aromatic rings. The van der Waals surface area contributed by atoms with Crippen molar-refractivity contribution in [2.75, 3.05) is 33.2 Å². The quantitative estimate of drug-likeness (QED) is 0.436. The molecule has 6 heteroatoms. The summed E-state index contributed by atoms with van der Waals surface area (Å²) < 4.78 is 0. The Kier molecular flexibility index (Phi) is 7.48. The second-order valence-electron chi connectivity index (χ2n) is 6.79. The lowest BCUT2D eigenvalue weighted by molar-refractivity contribution is 0.245. The topological polar surface area (TPSA) is 52.6 Å². The number of hydrogen-bond acceptors (Lipinski definition) is 3. The lowest BCUT2D eigenvalue weighted by atomic mass is 10.1. The molecule has 3 rings (SSSR count). The Balaban J connectivity index is 1.52. The summed E-state index contributed by atoms with van der Waals surface area (Å²) in [4.78, 5) is 11.0. The first kappa shape index (κ1) is 19.6. The third-order valence-corrected chi connectivity index (χ3v) is 5.17. The molecule has 0 bridgehead atoms. The van der Waals surface area contributed by atoms with Crippen LogP contribution in [0.3, 0.4) is 0 Å². The molecule has 0 amide bonds. The predicted molar refractivity (Wildman–Crippen MR) is 112 cm³/mol. The van der Waals surface area contributed by atoms with E-state index in [9.17, 15) is 0 Å². The number of halogens is 1. The summed E-state index contributed by atoms with van der Waals surface area (Å²) in [6.45, 7) is 3.96. The van der Waals surface area contributed by atoms with E-state index in [2.05, 4.69) is 55.8 Å². The molecule has 2 N–H and O–H groups in total. The molecule has 0 aliphatic carbocycles. The molecule has 2 heterocycles. The van der Waals surface area contributed by atoms with E-state index in [1.54, 1.807) is 0 Å². The number of guanidine groups is 1. The van der Waals surface area contributed by atoms with Crippen molar-refractivity contribution in [2.45, 2.75) is 25.3 Å². The molecule has 1 aliphatic heterocycles. The van der Waals surface area contributed by atoms with Crippen LogP contribution in [0, 0.1) is 0 Å². The summed E-state index contributed by atoms with van der Waals surface area (Å²) in [5, 5.41) is 7.42. The van der Waals surface area contributed by atoms with E-state index in [-0.39, 0.29) is 0 Å². The highest BCUT2D eigenvalue weighted by atomic mass is 35.5. The van der Waals surface area contributed by atoms with Crippen LogP contribution >= 0.6 is 11.6 Å². The maximum absolute atomic E-state index is 5.83. The number of pyridine rings is 1. The van der Waals surface area contributed by atoms with E-state index in [1.807, 2.05) is 25.4 Å². The zero-order valence-corrected chi connectivity index (χ0v) is 16.6. The van der Waals surface area contributed by atoms with Crippen LogP contribution in [0.25, 0.3) is 0 Å². The molecule has 1 fully saturated rings. The summed E-state index contributed by atoms with van der Waals surface area (Å²) in [6, 6.07) is 14.9. The highest BCUT2D eigenvalue weighted by Crippen LogP contribution is 2.24. The molecule has 1 unspecified atom stereocenters. The summed E-state index contributed by atoms with van der Waals surface area (Å²) in [7, 11) is 1.81. The first-order valence-corrected chi connectivity index (χ1v) is 9.98. The number of benzene rings is 1. The number of nitrogens with zero attached hydrogens (tertiary/aromatic N) is 3. The Morgan fingerprint density at radius 3 is 2.59 bits per heavy atom. The molecule has 27 heavy (non-hydrogen) atoms. The number of hydrogen-bond donors (Lipinski definition) is 2. The van der Waals surface area contributed by atoms with Crippen molar-refractivity contribution in [3.05, 3.63) is 64.9 Å². The van der Waals surface area contributed by atoms with Gasteiger partial charge in [-0.25, -0.2) is 4.98 Å². The van der Waals surface area contributed by atoms with Gasteiger partial charge < -0.3 is 10.6 Å². The van der Waals surface area contributed by atoms with Gasteiger partial charge in [-0.3, -0.25) is 9.89 Å². The number of aliphatic imine (C=N–C) groups is 1. The van der Waals surface area contributed by atoms with Crippen molar-refractivity contribution in [2.24, 2.45) is 4.99 Å². The first-order chi connectivity index (χ1) is 13.3. The molecule has 144 valence electrons. The van der Waals surface area contributed by atoms with Crippen LogP contribution in [0.5, 0.6) is 0 Å². The van der Waals surface area contributed by atoms with E-state index in [0.29, 0.717) is 11.2 Å². The zero-order chi connectivity index (χ0) is 18.9. The molecule has 1 atom stereocenters. The van der Waals surface area contributed by atoms with Gasteiger partial charge in [0.15, 0.2) is 5.96 Å². The number of nitrogens with one attached hydrogen (secondary N) is 2. The van der Waals surface area contributed by atoms with Crippen LogP contribution < -0.4 is 10.6 Å². The van der Waals surface area contributed by atoms with Gasteiger partial charge in [-0.05, 0) is 49.5 Å². The fourth-order valence-corrected chi connectivity index (χ4v) is 3.59. The van der Waals surface area contributed by atoms with Gasteiger partial charge in [0.25, 0.3) is 0 Å². The fraction of sp³-hybridized carbons (Fsp3) is 0.429. The van der Waals surface area contributed by atoms with Crippen molar-refractivity contribution in [3.8, 4) is 0 Å². The van der Waals surface area contributed by atoms with Gasteiger partial charge in [-0.1, -0.05) is 48.0 Å². The second kappa shape index (κ2) is 10.3. The molecule has 1 saturated heterocycles. The number of likely N-dealkylation sites (tertiary alicyclic amines) is 1. The maximum Gasteiger partial charge on any atom is 0.191 e. The van der Waals surface area contributed by atoms with Crippen LogP contribution in [0.2, 0.25) is 5.15 Å². The molecule has 5 nitrogen and oxygen atoms in total. The summed E-state index contributed by atoms with van der Waals surface area (Å²) in [5.41, 5.74) is 2.51. The van der Waals surface area contributed by atoms with Crippen molar-refractivity contribution < 1.29 is 0 Å². The largest absolute Gasteiger partial charge is 0.356 e. The van der Waals surface area contributed by atoms with Crippen LogP contribution in [0.15, 0.2) is 53.7 Å². The maximum atomic E-state index is 5.83. The zero-order valence-electron chi connectivity index (χ0n) is 15.9. The number of rotatable bonds is 7. The monoisotopic (exact) mass is 385 g/mol. The van der Waals surface area contributed by atoms with Crippen LogP contribution in [-0.4, -0.2) is 49.1 Å². The van der Waals surface area contributed by atoms with Crippen molar-refractivity contribution >= 4 is 17.6 Å². The minimum atomic E-state index is 0.368. The summed E-state index contributed by atoms with van der Waals surface area (Å²) >= 11 is 5.83. The second-order valence-corrected chi connectivity index (χ2v) is 7.18. The SMILES string of the molecule is CN=C(NCCc1ccc(Cl)nc1)NCC(c1ccccc1)N1CCCC1. The van der Waals surface area contributed by atoms with Gasteiger partial charge in [0.05, 0.1) is 6.04 Å². The van der Waals surface area contributed by atoms with E-state index < -0.39 is 0 Å². The van der Waals surface area contributed by atoms with Crippen LogP contribution in [-0.2, 0) is 6.42 Å². The third-order valence-electron chi connectivity index (χ3n) is 4.95. The molecule has 1 aliphatic rings. The van der Waals surface area contributed by atoms with Crippen molar-refractivity contribution in [1.82, 2.24) is 20.5 Å². The Labute approximate surface area is 166 Å². The first-order valence-electron chi connectivity index (χ1n) is 9.60. The standard InChI is InChI=1S/C21H28ClN5/c1-23-21(24-12-11-17-9-10-20(22)25-15-17)26-16-19(27-13-5-6-14-27)18-7-3-2-4-8-18/h2-4,7-10,15,19H,5-6,11-14,16H2,1H3,(H2,23,24,26). The van der Waals surface area contributed by atoms with E-state index in [1.165, 1.54) is 18.4 Å². The number of aromatic nitrogens is 1. The highest BCUT2D eigenvalue weighted by Gasteiger charge is 2.23. The van der Waals surface area contributed by atoms with E-state index >= 15 is 0 Å². The summed E-state index contributed by atoms with van der Waals surface area (Å²) in [5.74, 6) is 0.831. The molecule has 0 radical (unpaired) electrons. The van der Waals surface area contributed by atoms with Crippen LogP contribution in [0.1, 0.15) is 30.0 Å². The Bertz CT molecular complexity index is 711. The lowest BCUT2D eigenvalue weighted by Gasteiger charge is -2.29. The molecule has 1 aromatic carbocycles. The smallest absolute Gasteiger partial charge is 0.191 e. The average Bonchev–Trinajstić information content (AvgIpc) is 3.23.